The van der Waals surface area contributed by atoms with E-state index in [4.69, 9.17) is 5.73 Å². The third kappa shape index (κ3) is 1.13. The van der Waals surface area contributed by atoms with Crippen molar-refractivity contribution in [3.63, 3.8) is 0 Å². The molecule has 0 aliphatic carbocycles. The monoisotopic (exact) mass is 181 g/mol. The standard InChI is InChI=1S/C8H11N3S/c1-6-4-11-7(2-3-9)5-12-8(11)10-6/h4-5H,2-3,9H2,1H3. The number of rotatable bonds is 2. The Bertz CT molecular complexity index is 388. The molecule has 0 aromatic carbocycles. The van der Waals surface area contributed by atoms with Gasteiger partial charge >= 0.3 is 0 Å². The zero-order valence-electron chi connectivity index (χ0n) is 6.95. The van der Waals surface area contributed by atoms with Crippen molar-refractivity contribution in [1.82, 2.24) is 9.38 Å². The Morgan fingerprint density at radius 1 is 1.67 bits per heavy atom. The molecule has 0 bridgehead atoms. The lowest BCUT2D eigenvalue weighted by molar-refractivity contribution is 0.908. The van der Waals surface area contributed by atoms with Crippen LogP contribution in [0.3, 0.4) is 0 Å². The fourth-order valence-corrected chi connectivity index (χ4v) is 2.22. The van der Waals surface area contributed by atoms with Crippen molar-refractivity contribution in [2.45, 2.75) is 13.3 Å². The summed E-state index contributed by atoms with van der Waals surface area (Å²) in [5.74, 6) is 0. The predicted octanol–water partition coefficient (Wildman–Crippen LogP) is 1.21. The molecule has 0 fully saturated rings. The minimum Gasteiger partial charge on any atom is -0.330 e. The minimum atomic E-state index is 0.697. The van der Waals surface area contributed by atoms with E-state index in [2.05, 4.69) is 21.0 Å². The van der Waals surface area contributed by atoms with Crippen LogP contribution in [0.4, 0.5) is 0 Å². The van der Waals surface area contributed by atoms with Crippen LogP contribution in [-0.4, -0.2) is 15.9 Å². The first-order chi connectivity index (χ1) is 5.81. The first-order valence-corrected chi connectivity index (χ1v) is 4.81. The maximum Gasteiger partial charge on any atom is 0.194 e. The SMILES string of the molecule is Cc1cn2c(CCN)csc2n1. The van der Waals surface area contributed by atoms with Crippen LogP contribution in [0, 0.1) is 6.92 Å². The van der Waals surface area contributed by atoms with Gasteiger partial charge in [0, 0.05) is 23.7 Å². The molecule has 2 aromatic heterocycles. The number of nitrogens with two attached hydrogens (primary N) is 1. The molecule has 0 unspecified atom stereocenters. The molecule has 0 saturated carbocycles. The normalized spacial score (nSPS) is 11.2. The second-order valence-corrected chi connectivity index (χ2v) is 3.64. The van der Waals surface area contributed by atoms with Gasteiger partial charge in [0.15, 0.2) is 4.96 Å². The van der Waals surface area contributed by atoms with Crippen molar-refractivity contribution >= 4 is 16.3 Å². The Morgan fingerprint density at radius 2 is 2.50 bits per heavy atom. The number of hydrogen-bond acceptors (Lipinski definition) is 3. The first kappa shape index (κ1) is 7.76. The average molecular weight is 181 g/mol. The summed E-state index contributed by atoms with van der Waals surface area (Å²) in [4.78, 5) is 5.42. The summed E-state index contributed by atoms with van der Waals surface area (Å²) in [5.41, 5.74) is 7.82. The van der Waals surface area contributed by atoms with Crippen molar-refractivity contribution in [2.24, 2.45) is 5.73 Å². The summed E-state index contributed by atoms with van der Waals surface area (Å²) in [5, 5.41) is 2.12. The van der Waals surface area contributed by atoms with E-state index in [0.29, 0.717) is 6.54 Å². The molecule has 0 aliphatic heterocycles. The topological polar surface area (TPSA) is 43.3 Å². The van der Waals surface area contributed by atoms with Crippen molar-refractivity contribution in [2.75, 3.05) is 6.54 Å². The number of imidazole rings is 1. The van der Waals surface area contributed by atoms with Gasteiger partial charge in [-0.3, -0.25) is 4.40 Å². The molecule has 0 aliphatic rings. The van der Waals surface area contributed by atoms with E-state index in [-0.39, 0.29) is 0 Å². The minimum absolute atomic E-state index is 0.697. The van der Waals surface area contributed by atoms with Gasteiger partial charge in [0.25, 0.3) is 0 Å². The van der Waals surface area contributed by atoms with E-state index in [0.717, 1.165) is 17.1 Å². The summed E-state index contributed by atoms with van der Waals surface area (Å²) in [6.07, 6.45) is 2.98. The van der Waals surface area contributed by atoms with E-state index in [1.807, 2.05) is 6.92 Å². The van der Waals surface area contributed by atoms with Gasteiger partial charge in [0.1, 0.15) is 0 Å². The van der Waals surface area contributed by atoms with Gasteiger partial charge in [-0.15, -0.1) is 11.3 Å². The average Bonchev–Trinajstić information content (AvgIpc) is 2.52. The van der Waals surface area contributed by atoms with E-state index < -0.39 is 0 Å². The Balaban J connectivity index is 2.53. The number of nitrogens with zero attached hydrogens (tertiary/aromatic N) is 2. The molecule has 2 rings (SSSR count). The maximum atomic E-state index is 5.49. The maximum absolute atomic E-state index is 5.49. The molecule has 4 heteroatoms. The van der Waals surface area contributed by atoms with Gasteiger partial charge in [-0.05, 0) is 13.5 Å². The Kier molecular flexibility index (Phi) is 1.86. The van der Waals surface area contributed by atoms with Crippen LogP contribution >= 0.6 is 11.3 Å². The van der Waals surface area contributed by atoms with Crippen molar-refractivity contribution in [3.8, 4) is 0 Å². The summed E-state index contributed by atoms with van der Waals surface area (Å²) in [6.45, 7) is 2.70. The second kappa shape index (κ2) is 2.88. The van der Waals surface area contributed by atoms with Gasteiger partial charge in [-0.2, -0.15) is 0 Å². The van der Waals surface area contributed by atoms with Crippen molar-refractivity contribution in [3.05, 3.63) is 23.0 Å². The van der Waals surface area contributed by atoms with Gasteiger partial charge in [0.05, 0.1) is 5.69 Å². The highest BCUT2D eigenvalue weighted by Crippen LogP contribution is 2.16. The molecule has 0 saturated heterocycles. The highest BCUT2D eigenvalue weighted by Gasteiger charge is 2.03. The lowest BCUT2D eigenvalue weighted by Gasteiger charge is -1.93. The Hall–Kier alpha value is -0.870. The molecule has 64 valence electrons. The zero-order valence-corrected chi connectivity index (χ0v) is 7.77. The van der Waals surface area contributed by atoms with Crippen LogP contribution in [-0.2, 0) is 6.42 Å². The van der Waals surface area contributed by atoms with Crippen LogP contribution in [0.15, 0.2) is 11.6 Å². The van der Waals surface area contributed by atoms with Crippen molar-refractivity contribution < 1.29 is 0 Å². The highest BCUT2D eigenvalue weighted by atomic mass is 32.1. The smallest absolute Gasteiger partial charge is 0.194 e. The number of aromatic nitrogens is 2. The molecule has 0 atom stereocenters. The first-order valence-electron chi connectivity index (χ1n) is 3.93. The molecule has 2 N–H and O–H groups in total. The van der Waals surface area contributed by atoms with Gasteiger partial charge in [-0.1, -0.05) is 0 Å². The number of hydrogen-bond donors (Lipinski definition) is 1. The lowest BCUT2D eigenvalue weighted by atomic mass is 10.3. The molecule has 2 aromatic rings. The lowest BCUT2D eigenvalue weighted by Crippen LogP contribution is -2.04. The summed E-state index contributed by atoms with van der Waals surface area (Å²) in [7, 11) is 0. The molecule has 3 nitrogen and oxygen atoms in total. The number of fused-ring (bicyclic) bond motifs is 1. The largest absolute Gasteiger partial charge is 0.330 e. The molecule has 0 radical (unpaired) electrons. The van der Waals surface area contributed by atoms with E-state index in [1.54, 1.807) is 11.3 Å². The van der Waals surface area contributed by atoms with Gasteiger partial charge in [-0.25, -0.2) is 4.98 Å². The Morgan fingerprint density at radius 3 is 3.25 bits per heavy atom. The van der Waals surface area contributed by atoms with Crippen LogP contribution in [0.2, 0.25) is 0 Å². The van der Waals surface area contributed by atoms with E-state index in [9.17, 15) is 0 Å². The van der Waals surface area contributed by atoms with Gasteiger partial charge in [0.2, 0.25) is 0 Å². The van der Waals surface area contributed by atoms with Crippen LogP contribution in [0.1, 0.15) is 11.4 Å². The second-order valence-electron chi connectivity index (χ2n) is 2.80. The van der Waals surface area contributed by atoms with Crippen LogP contribution in [0.25, 0.3) is 4.96 Å². The molecular weight excluding hydrogens is 170 g/mol. The highest BCUT2D eigenvalue weighted by molar-refractivity contribution is 7.15. The molecule has 2 heterocycles. The number of thiazole rings is 1. The number of aryl methyl sites for hydroxylation is 1. The van der Waals surface area contributed by atoms with Gasteiger partial charge < -0.3 is 5.73 Å². The molecule has 0 spiro atoms. The van der Waals surface area contributed by atoms with Crippen LogP contribution in [0.5, 0.6) is 0 Å². The quantitative estimate of drug-likeness (QED) is 0.756. The van der Waals surface area contributed by atoms with Crippen molar-refractivity contribution in [1.29, 1.82) is 0 Å². The fraction of sp³-hybridized carbons (Fsp3) is 0.375. The molecule has 12 heavy (non-hydrogen) atoms. The third-order valence-corrected chi connectivity index (χ3v) is 2.69. The fourth-order valence-electron chi connectivity index (χ4n) is 1.27. The van der Waals surface area contributed by atoms with E-state index >= 15 is 0 Å². The van der Waals surface area contributed by atoms with Crippen LogP contribution < -0.4 is 5.73 Å². The molecular formula is C8H11N3S. The van der Waals surface area contributed by atoms with E-state index in [1.165, 1.54) is 5.69 Å². The summed E-state index contributed by atoms with van der Waals surface area (Å²) >= 11 is 1.67. The third-order valence-electron chi connectivity index (χ3n) is 1.80. The molecule has 0 amide bonds. The zero-order chi connectivity index (χ0) is 8.55. The Labute approximate surface area is 74.8 Å². The predicted molar refractivity (Wildman–Crippen MR) is 50.6 cm³/mol. The summed E-state index contributed by atoms with van der Waals surface area (Å²) < 4.78 is 2.12. The summed E-state index contributed by atoms with van der Waals surface area (Å²) in [6, 6.07) is 0.